The molecule has 1 aromatic rings. The fourth-order valence-electron chi connectivity index (χ4n) is 2.18. The number of likely N-dealkylation sites (N-methyl/N-ethyl adjacent to an activating group) is 1. The van der Waals surface area contributed by atoms with Crippen molar-refractivity contribution in [1.82, 2.24) is 4.90 Å². The van der Waals surface area contributed by atoms with Crippen molar-refractivity contribution in [3.05, 3.63) is 29.6 Å². The summed E-state index contributed by atoms with van der Waals surface area (Å²) in [6.07, 6.45) is -0.500. The number of rotatable bonds is 3. The van der Waals surface area contributed by atoms with Gasteiger partial charge in [0.25, 0.3) is 5.91 Å². The van der Waals surface area contributed by atoms with Crippen LogP contribution in [0, 0.1) is 5.82 Å². The summed E-state index contributed by atoms with van der Waals surface area (Å²) in [6, 6.07) is 4.62. The third kappa shape index (κ3) is 3.77. The number of nitrogens with one attached hydrogen (secondary N) is 1. The molecule has 1 fully saturated rings. The van der Waals surface area contributed by atoms with Crippen molar-refractivity contribution in [3.8, 4) is 0 Å². The molecular weight excluding hydrogens is 259 g/mol. The van der Waals surface area contributed by atoms with Crippen LogP contribution < -0.4 is 5.32 Å². The maximum atomic E-state index is 13.6. The molecule has 1 saturated heterocycles. The molecular formula is C15H21FN2O2. The highest BCUT2D eigenvalue weighted by molar-refractivity contribution is 5.94. The van der Waals surface area contributed by atoms with Gasteiger partial charge in [0.1, 0.15) is 11.9 Å². The second-order valence-corrected chi connectivity index (χ2v) is 5.54. The largest absolute Gasteiger partial charge is 0.366 e. The first kappa shape index (κ1) is 14.9. The first-order valence-corrected chi connectivity index (χ1v) is 6.87. The van der Waals surface area contributed by atoms with Crippen molar-refractivity contribution in [2.24, 2.45) is 0 Å². The maximum absolute atomic E-state index is 13.6. The Balaban J connectivity index is 2.07. The van der Waals surface area contributed by atoms with Crippen LogP contribution in [0.1, 0.15) is 25.3 Å². The van der Waals surface area contributed by atoms with Crippen molar-refractivity contribution < 1.29 is 13.9 Å². The maximum Gasteiger partial charge on any atom is 0.254 e. The van der Waals surface area contributed by atoms with E-state index in [1.807, 2.05) is 25.8 Å². The van der Waals surface area contributed by atoms with Gasteiger partial charge in [0.2, 0.25) is 0 Å². The molecule has 0 aliphatic carbocycles. The molecule has 1 N–H and O–H groups in total. The van der Waals surface area contributed by atoms with Crippen LogP contribution in [-0.4, -0.2) is 43.7 Å². The van der Waals surface area contributed by atoms with Gasteiger partial charge in [-0.05, 0) is 36.7 Å². The lowest BCUT2D eigenvalue weighted by molar-refractivity contribution is -0.132. The van der Waals surface area contributed by atoms with Gasteiger partial charge in [-0.15, -0.1) is 0 Å². The molecule has 1 aliphatic heterocycles. The number of benzene rings is 1. The van der Waals surface area contributed by atoms with E-state index in [1.165, 1.54) is 12.1 Å². The van der Waals surface area contributed by atoms with E-state index in [9.17, 15) is 9.18 Å². The van der Waals surface area contributed by atoms with E-state index in [4.69, 9.17) is 4.74 Å². The lowest BCUT2D eigenvalue weighted by atomic mass is 10.0. The van der Waals surface area contributed by atoms with Crippen LogP contribution in [0.3, 0.4) is 0 Å². The number of ether oxygens (including phenoxy) is 1. The molecule has 4 nitrogen and oxygen atoms in total. The normalized spacial score (nSPS) is 20.1. The molecule has 1 amide bonds. The van der Waals surface area contributed by atoms with E-state index < -0.39 is 6.10 Å². The van der Waals surface area contributed by atoms with Gasteiger partial charge >= 0.3 is 0 Å². The monoisotopic (exact) mass is 280 g/mol. The van der Waals surface area contributed by atoms with Crippen LogP contribution in [0.5, 0.6) is 0 Å². The number of carbonyl (C=O) groups excluding carboxylic acids is 1. The number of anilines is 1. The Kier molecular flexibility index (Phi) is 4.73. The van der Waals surface area contributed by atoms with E-state index in [1.54, 1.807) is 6.07 Å². The molecule has 1 aliphatic rings. The summed E-state index contributed by atoms with van der Waals surface area (Å²) >= 11 is 0. The summed E-state index contributed by atoms with van der Waals surface area (Å²) in [4.78, 5) is 14.2. The van der Waals surface area contributed by atoms with Crippen LogP contribution in [0.4, 0.5) is 10.1 Å². The Bertz CT molecular complexity index is 491. The summed E-state index contributed by atoms with van der Waals surface area (Å²) in [5, 5.41) is 2.74. The standard InChI is InChI=1S/C15H21FN2O2/c1-10(2)11-6-12(16)8-13(7-11)17-15(19)14-9-18(3)4-5-20-14/h6-8,10,14H,4-5,9H2,1-3H3,(H,17,19). The molecule has 5 heteroatoms. The molecule has 1 heterocycles. The summed E-state index contributed by atoms with van der Waals surface area (Å²) < 4.78 is 19.0. The van der Waals surface area contributed by atoms with Crippen LogP contribution in [0.2, 0.25) is 0 Å². The zero-order valence-corrected chi connectivity index (χ0v) is 12.1. The van der Waals surface area contributed by atoms with Gasteiger partial charge in [-0.25, -0.2) is 4.39 Å². The van der Waals surface area contributed by atoms with Crippen molar-refractivity contribution in [3.63, 3.8) is 0 Å². The van der Waals surface area contributed by atoms with Gasteiger partial charge in [-0.3, -0.25) is 4.79 Å². The van der Waals surface area contributed by atoms with E-state index in [0.717, 1.165) is 12.1 Å². The Hall–Kier alpha value is -1.46. The lowest BCUT2D eigenvalue weighted by Crippen LogP contribution is -2.46. The molecule has 2 rings (SSSR count). The van der Waals surface area contributed by atoms with E-state index in [-0.39, 0.29) is 17.6 Å². The fraction of sp³-hybridized carbons (Fsp3) is 0.533. The quantitative estimate of drug-likeness (QED) is 0.923. The number of morpholine rings is 1. The number of hydrogen-bond donors (Lipinski definition) is 1. The predicted octanol–water partition coefficient (Wildman–Crippen LogP) is 2.22. The molecule has 0 saturated carbocycles. The first-order valence-electron chi connectivity index (χ1n) is 6.87. The zero-order valence-electron chi connectivity index (χ0n) is 12.1. The van der Waals surface area contributed by atoms with Crippen LogP contribution in [-0.2, 0) is 9.53 Å². The molecule has 110 valence electrons. The summed E-state index contributed by atoms with van der Waals surface area (Å²) in [5.41, 5.74) is 1.34. The van der Waals surface area contributed by atoms with Crippen LogP contribution >= 0.6 is 0 Å². The Labute approximate surface area is 118 Å². The highest BCUT2D eigenvalue weighted by Crippen LogP contribution is 2.21. The van der Waals surface area contributed by atoms with Gasteiger partial charge in [0.15, 0.2) is 0 Å². The minimum absolute atomic E-state index is 0.207. The Morgan fingerprint density at radius 3 is 2.85 bits per heavy atom. The minimum atomic E-state index is -0.500. The number of hydrogen-bond acceptors (Lipinski definition) is 3. The Morgan fingerprint density at radius 2 is 2.20 bits per heavy atom. The summed E-state index contributed by atoms with van der Waals surface area (Å²) in [6.45, 7) is 5.88. The number of carbonyl (C=O) groups is 1. The lowest BCUT2D eigenvalue weighted by Gasteiger charge is -2.29. The molecule has 1 aromatic carbocycles. The minimum Gasteiger partial charge on any atom is -0.366 e. The molecule has 0 spiro atoms. The van der Waals surface area contributed by atoms with Crippen molar-refractivity contribution in [2.75, 3.05) is 32.1 Å². The van der Waals surface area contributed by atoms with E-state index in [0.29, 0.717) is 18.8 Å². The third-order valence-corrected chi connectivity index (χ3v) is 3.42. The molecule has 0 aromatic heterocycles. The second kappa shape index (κ2) is 6.33. The van der Waals surface area contributed by atoms with E-state index >= 15 is 0 Å². The summed E-state index contributed by atoms with van der Waals surface area (Å²) in [7, 11) is 1.95. The van der Waals surface area contributed by atoms with Gasteiger partial charge in [-0.1, -0.05) is 13.8 Å². The van der Waals surface area contributed by atoms with Crippen LogP contribution in [0.25, 0.3) is 0 Å². The second-order valence-electron chi connectivity index (χ2n) is 5.54. The van der Waals surface area contributed by atoms with Gasteiger partial charge in [0.05, 0.1) is 6.61 Å². The predicted molar refractivity (Wildman–Crippen MR) is 76.4 cm³/mol. The van der Waals surface area contributed by atoms with Crippen molar-refractivity contribution in [1.29, 1.82) is 0 Å². The molecule has 1 unspecified atom stereocenters. The highest BCUT2D eigenvalue weighted by atomic mass is 19.1. The number of amides is 1. The smallest absolute Gasteiger partial charge is 0.254 e. The van der Waals surface area contributed by atoms with Crippen molar-refractivity contribution in [2.45, 2.75) is 25.9 Å². The number of nitrogens with zero attached hydrogens (tertiary/aromatic N) is 1. The molecule has 0 radical (unpaired) electrons. The summed E-state index contributed by atoms with van der Waals surface area (Å²) in [5.74, 6) is -0.358. The van der Waals surface area contributed by atoms with Gasteiger partial charge in [0, 0.05) is 18.8 Å². The molecule has 1 atom stereocenters. The van der Waals surface area contributed by atoms with Gasteiger partial charge < -0.3 is 15.0 Å². The van der Waals surface area contributed by atoms with Gasteiger partial charge in [-0.2, -0.15) is 0 Å². The molecule has 0 bridgehead atoms. The average Bonchev–Trinajstić information content (AvgIpc) is 2.37. The first-order chi connectivity index (χ1) is 9.45. The Morgan fingerprint density at radius 1 is 1.45 bits per heavy atom. The zero-order chi connectivity index (χ0) is 14.7. The highest BCUT2D eigenvalue weighted by Gasteiger charge is 2.25. The third-order valence-electron chi connectivity index (χ3n) is 3.42. The fourth-order valence-corrected chi connectivity index (χ4v) is 2.18. The average molecular weight is 280 g/mol. The van der Waals surface area contributed by atoms with Crippen LogP contribution in [0.15, 0.2) is 18.2 Å². The van der Waals surface area contributed by atoms with Crippen molar-refractivity contribution >= 4 is 11.6 Å². The number of halogens is 1. The SMILES string of the molecule is CC(C)c1cc(F)cc(NC(=O)C2CN(C)CCO2)c1. The molecule has 20 heavy (non-hydrogen) atoms. The topological polar surface area (TPSA) is 41.6 Å². The van der Waals surface area contributed by atoms with E-state index in [2.05, 4.69) is 5.32 Å².